The lowest BCUT2D eigenvalue weighted by atomic mass is 10.1. The summed E-state index contributed by atoms with van der Waals surface area (Å²) in [7, 11) is 3.14. The van der Waals surface area contributed by atoms with Crippen molar-refractivity contribution in [3.8, 4) is 0 Å². The molecule has 70 valence electrons. The maximum Gasteiger partial charge on any atom is 0.250 e. The number of carbonyl (C=O) groups excluding carboxylic acids is 1. The molecule has 0 saturated carbocycles. The van der Waals surface area contributed by atoms with Gasteiger partial charge in [0.05, 0.1) is 13.0 Å². The Labute approximate surface area is 80.7 Å². The summed E-state index contributed by atoms with van der Waals surface area (Å²) in [6, 6.07) is 0. The van der Waals surface area contributed by atoms with E-state index in [1.807, 2.05) is 3.93 Å². The van der Waals surface area contributed by atoms with E-state index in [-0.39, 0.29) is 11.8 Å². The Morgan fingerprint density at radius 3 is 2.83 bits per heavy atom. The summed E-state index contributed by atoms with van der Waals surface area (Å²) in [5.41, 5.74) is 0. The van der Waals surface area contributed by atoms with Gasteiger partial charge >= 0.3 is 0 Å². The van der Waals surface area contributed by atoms with Gasteiger partial charge in [-0.2, -0.15) is 0 Å². The maximum atomic E-state index is 11.5. The van der Waals surface area contributed by atoms with E-state index in [9.17, 15) is 4.79 Å². The van der Waals surface area contributed by atoms with E-state index in [0.29, 0.717) is 0 Å². The lowest BCUT2D eigenvalue weighted by Gasteiger charge is -2.17. The second-order valence-corrected chi connectivity index (χ2v) is 3.88. The van der Waals surface area contributed by atoms with Crippen molar-refractivity contribution in [2.75, 3.05) is 27.2 Å². The minimum Gasteiger partial charge on any atom is -0.275 e. The number of hydroxylamine groups is 2. The first-order chi connectivity index (χ1) is 5.65. The summed E-state index contributed by atoms with van der Waals surface area (Å²) in [6.45, 7) is 1.69. The molecule has 1 fully saturated rings. The van der Waals surface area contributed by atoms with Crippen LogP contribution in [0.2, 0.25) is 0 Å². The van der Waals surface area contributed by atoms with Gasteiger partial charge in [-0.1, -0.05) is 0 Å². The highest BCUT2D eigenvalue weighted by atomic mass is 79.9. The normalized spacial score (nSPS) is 24.4. The molecule has 0 aromatic heterocycles. The van der Waals surface area contributed by atoms with Crippen molar-refractivity contribution in [1.82, 2.24) is 8.99 Å². The number of halogens is 1. The van der Waals surface area contributed by atoms with Gasteiger partial charge in [0, 0.05) is 36.3 Å². The van der Waals surface area contributed by atoms with E-state index < -0.39 is 0 Å². The molecule has 0 bridgehead atoms. The van der Waals surface area contributed by atoms with Crippen molar-refractivity contribution < 1.29 is 9.63 Å². The fraction of sp³-hybridized carbons (Fsp3) is 0.857. The molecule has 1 heterocycles. The van der Waals surface area contributed by atoms with Crippen LogP contribution < -0.4 is 0 Å². The van der Waals surface area contributed by atoms with Crippen LogP contribution in [0.4, 0.5) is 0 Å². The Bertz CT molecular complexity index is 177. The predicted octanol–water partition coefficient (Wildman–Crippen LogP) is 0.638. The molecule has 1 amide bonds. The van der Waals surface area contributed by atoms with Crippen LogP contribution in [0.15, 0.2) is 0 Å². The highest BCUT2D eigenvalue weighted by molar-refractivity contribution is 9.07. The molecule has 0 N–H and O–H groups in total. The molecule has 0 aromatic rings. The summed E-state index contributed by atoms with van der Waals surface area (Å²) in [5.74, 6) is 0.133. The van der Waals surface area contributed by atoms with Gasteiger partial charge in [-0.05, 0) is 6.42 Å². The molecule has 1 aliphatic heterocycles. The van der Waals surface area contributed by atoms with E-state index >= 15 is 0 Å². The van der Waals surface area contributed by atoms with Crippen LogP contribution in [0.1, 0.15) is 6.42 Å². The van der Waals surface area contributed by atoms with Crippen molar-refractivity contribution in [2.24, 2.45) is 5.92 Å². The quantitative estimate of drug-likeness (QED) is 0.522. The first-order valence-electron chi connectivity index (χ1n) is 3.87. The third kappa shape index (κ3) is 2.18. The Balaban J connectivity index is 2.43. The third-order valence-electron chi connectivity index (χ3n) is 2.07. The maximum absolute atomic E-state index is 11.5. The first-order valence-corrected chi connectivity index (χ1v) is 4.58. The van der Waals surface area contributed by atoms with Gasteiger partial charge < -0.3 is 0 Å². The molecule has 1 saturated heterocycles. The van der Waals surface area contributed by atoms with E-state index in [2.05, 4.69) is 16.1 Å². The van der Waals surface area contributed by atoms with E-state index in [1.54, 1.807) is 7.05 Å². The van der Waals surface area contributed by atoms with Crippen LogP contribution in [0.3, 0.4) is 0 Å². The molecule has 0 aliphatic carbocycles. The van der Waals surface area contributed by atoms with E-state index in [1.165, 1.54) is 12.2 Å². The van der Waals surface area contributed by atoms with Crippen LogP contribution in [0.25, 0.3) is 0 Å². The van der Waals surface area contributed by atoms with E-state index in [0.717, 1.165) is 19.5 Å². The van der Waals surface area contributed by atoms with Gasteiger partial charge in [-0.25, -0.2) is 8.99 Å². The van der Waals surface area contributed by atoms with Crippen LogP contribution in [-0.4, -0.2) is 42.1 Å². The lowest BCUT2D eigenvalue weighted by Crippen LogP contribution is -2.32. The Hall–Kier alpha value is -0.130. The molecular formula is C7H13BrN2O2. The molecule has 0 spiro atoms. The predicted molar refractivity (Wildman–Crippen MR) is 48.4 cm³/mol. The van der Waals surface area contributed by atoms with Crippen LogP contribution in [-0.2, 0) is 9.63 Å². The van der Waals surface area contributed by atoms with Gasteiger partial charge in [-0.15, -0.1) is 0 Å². The monoisotopic (exact) mass is 236 g/mol. The Morgan fingerprint density at radius 2 is 2.42 bits per heavy atom. The summed E-state index contributed by atoms with van der Waals surface area (Å²) < 4.78 is 1.97. The smallest absolute Gasteiger partial charge is 0.250 e. The highest BCUT2D eigenvalue weighted by Crippen LogP contribution is 2.20. The summed E-state index contributed by atoms with van der Waals surface area (Å²) in [5, 5.41) is 1.29. The number of hydrogen-bond acceptors (Lipinski definition) is 3. The topological polar surface area (TPSA) is 32.8 Å². The van der Waals surface area contributed by atoms with Crippen molar-refractivity contribution in [3.05, 3.63) is 0 Å². The molecule has 5 heteroatoms. The number of amides is 1. The largest absolute Gasteiger partial charge is 0.275 e. The molecule has 1 rings (SSSR count). The second kappa shape index (κ2) is 4.20. The highest BCUT2D eigenvalue weighted by Gasteiger charge is 2.29. The van der Waals surface area contributed by atoms with Crippen LogP contribution >= 0.6 is 16.1 Å². The van der Waals surface area contributed by atoms with Gasteiger partial charge in [-0.3, -0.25) is 9.63 Å². The molecule has 4 nitrogen and oxygen atoms in total. The lowest BCUT2D eigenvalue weighted by molar-refractivity contribution is -0.172. The van der Waals surface area contributed by atoms with Gasteiger partial charge in [0.1, 0.15) is 0 Å². The van der Waals surface area contributed by atoms with Crippen molar-refractivity contribution in [3.63, 3.8) is 0 Å². The van der Waals surface area contributed by atoms with E-state index in [4.69, 9.17) is 4.84 Å². The number of hydrogen-bond donors (Lipinski definition) is 0. The average molecular weight is 237 g/mol. The van der Waals surface area contributed by atoms with Gasteiger partial charge in [0.15, 0.2) is 0 Å². The van der Waals surface area contributed by atoms with Gasteiger partial charge in [0.2, 0.25) is 5.91 Å². The molecule has 0 aromatic carbocycles. The third-order valence-corrected chi connectivity index (χ3v) is 2.72. The van der Waals surface area contributed by atoms with Crippen molar-refractivity contribution >= 4 is 22.1 Å². The van der Waals surface area contributed by atoms with Gasteiger partial charge in [0.25, 0.3) is 0 Å². The zero-order chi connectivity index (χ0) is 9.14. The van der Waals surface area contributed by atoms with Crippen LogP contribution in [0, 0.1) is 5.92 Å². The average Bonchev–Trinajstić information content (AvgIpc) is 2.49. The molecule has 1 aliphatic rings. The number of nitrogens with zero attached hydrogens (tertiary/aromatic N) is 2. The second-order valence-electron chi connectivity index (χ2n) is 2.87. The molecule has 12 heavy (non-hydrogen) atoms. The standard InChI is InChI=1S/C7H13BrN2O2/c1-9(12-2)7(11)6-3-4-10(8)5-6/h6H,3-5H2,1-2H3. The zero-order valence-corrected chi connectivity index (χ0v) is 8.87. The molecular weight excluding hydrogens is 224 g/mol. The minimum absolute atomic E-state index is 0.0550. The zero-order valence-electron chi connectivity index (χ0n) is 7.29. The fourth-order valence-corrected chi connectivity index (χ4v) is 1.82. The first kappa shape index (κ1) is 9.95. The van der Waals surface area contributed by atoms with Crippen LogP contribution in [0.5, 0.6) is 0 Å². The fourth-order valence-electron chi connectivity index (χ4n) is 1.27. The molecule has 1 atom stereocenters. The molecule has 1 unspecified atom stereocenters. The summed E-state index contributed by atoms with van der Waals surface area (Å²) in [4.78, 5) is 16.3. The Morgan fingerprint density at radius 1 is 1.75 bits per heavy atom. The number of carbonyl (C=O) groups is 1. The molecule has 0 radical (unpaired) electrons. The van der Waals surface area contributed by atoms with Crippen molar-refractivity contribution in [2.45, 2.75) is 6.42 Å². The summed E-state index contributed by atoms with van der Waals surface area (Å²) >= 11 is 3.34. The number of rotatable bonds is 2. The van der Waals surface area contributed by atoms with Crippen molar-refractivity contribution in [1.29, 1.82) is 0 Å². The SMILES string of the molecule is CON(C)C(=O)C1CCN(Br)C1. The minimum atomic E-state index is 0.0550. The summed E-state index contributed by atoms with van der Waals surface area (Å²) in [6.07, 6.45) is 0.901. The Kier molecular flexibility index (Phi) is 3.49.